The first-order valence-electron chi connectivity index (χ1n) is 11.2. The number of nitrogens with zero attached hydrogens (tertiary/aromatic N) is 1. The van der Waals surface area contributed by atoms with Gasteiger partial charge >= 0.3 is 0 Å². The second-order valence-corrected chi connectivity index (χ2v) is 8.72. The van der Waals surface area contributed by atoms with Gasteiger partial charge in [-0.3, -0.25) is 0 Å². The number of hydrogen-bond donors (Lipinski definition) is 0. The molecule has 0 saturated carbocycles. The fourth-order valence-corrected chi connectivity index (χ4v) is 3.92. The lowest BCUT2D eigenvalue weighted by atomic mass is 10.00. The molecule has 1 heteroatoms. The largest absolute Gasteiger partial charge is 0.311 e. The van der Waals surface area contributed by atoms with Gasteiger partial charge in [-0.15, -0.1) is 0 Å². The number of anilines is 3. The molecule has 0 atom stereocenters. The Labute approximate surface area is 192 Å². The van der Waals surface area contributed by atoms with Gasteiger partial charge in [-0.2, -0.15) is 0 Å². The molecule has 0 aliphatic carbocycles. The normalized spacial score (nSPS) is 11.2. The summed E-state index contributed by atoms with van der Waals surface area (Å²) in [5.74, 6) is 0. The fourth-order valence-electron chi connectivity index (χ4n) is 3.92. The minimum atomic E-state index is 1.15. The van der Waals surface area contributed by atoms with Crippen LogP contribution in [0.2, 0.25) is 0 Å². The van der Waals surface area contributed by atoms with Crippen molar-refractivity contribution in [3.63, 3.8) is 0 Å². The zero-order valence-electron chi connectivity index (χ0n) is 19.7. The first-order valence-corrected chi connectivity index (χ1v) is 11.2. The fraction of sp³-hybridized carbons (Fsp3) is 0.161. The Bertz CT molecular complexity index is 1180. The summed E-state index contributed by atoms with van der Waals surface area (Å²) in [6.07, 6.45) is 4.41. The molecule has 0 aromatic heterocycles. The van der Waals surface area contributed by atoms with E-state index in [9.17, 15) is 0 Å². The van der Waals surface area contributed by atoms with Crippen molar-refractivity contribution >= 4 is 29.2 Å². The highest BCUT2D eigenvalue weighted by atomic mass is 15.1. The van der Waals surface area contributed by atoms with Crippen LogP contribution in [0.25, 0.3) is 12.2 Å². The minimum Gasteiger partial charge on any atom is -0.311 e. The van der Waals surface area contributed by atoms with Gasteiger partial charge in [0.2, 0.25) is 0 Å². The van der Waals surface area contributed by atoms with Gasteiger partial charge in [0.1, 0.15) is 0 Å². The number of benzene rings is 4. The Hall–Kier alpha value is -3.58. The van der Waals surface area contributed by atoms with Crippen molar-refractivity contribution in [2.24, 2.45) is 0 Å². The predicted molar refractivity (Wildman–Crippen MR) is 140 cm³/mol. The van der Waals surface area contributed by atoms with Crippen molar-refractivity contribution in [3.8, 4) is 0 Å². The summed E-state index contributed by atoms with van der Waals surface area (Å²) in [6.45, 7) is 10.8. The summed E-state index contributed by atoms with van der Waals surface area (Å²) < 4.78 is 0. The van der Waals surface area contributed by atoms with Gasteiger partial charge in [0.15, 0.2) is 0 Å². The molecular formula is C31H31N. The Morgan fingerprint density at radius 1 is 0.469 bits per heavy atom. The molecule has 0 fully saturated rings. The smallest absolute Gasteiger partial charge is 0.0462 e. The van der Waals surface area contributed by atoms with E-state index in [1.54, 1.807) is 0 Å². The summed E-state index contributed by atoms with van der Waals surface area (Å²) in [5, 5.41) is 0. The highest BCUT2D eigenvalue weighted by Crippen LogP contribution is 2.35. The summed E-state index contributed by atoms with van der Waals surface area (Å²) in [7, 11) is 0. The molecule has 0 bridgehead atoms. The Balaban J connectivity index is 1.65. The average molecular weight is 418 g/mol. The summed E-state index contributed by atoms with van der Waals surface area (Å²) in [4.78, 5) is 2.31. The third-order valence-corrected chi connectivity index (χ3v) is 6.07. The van der Waals surface area contributed by atoms with Crippen molar-refractivity contribution in [1.29, 1.82) is 0 Å². The lowest BCUT2D eigenvalue weighted by Gasteiger charge is -2.25. The zero-order chi connectivity index (χ0) is 22.7. The topological polar surface area (TPSA) is 3.24 Å². The highest BCUT2D eigenvalue weighted by Gasteiger charge is 2.12. The standard InChI is InChI=1S/C31H31N/c1-22-6-14-29(15-7-22)32(30-16-8-23(2)9-17-30)31-18-11-27(12-19-31)10-13-28-21-25(4)24(3)20-26(28)5/h6-21H,1-5H3. The quantitative estimate of drug-likeness (QED) is 0.293. The second kappa shape index (κ2) is 9.28. The molecule has 160 valence electrons. The van der Waals surface area contributed by atoms with E-state index in [-0.39, 0.29) is 0 Å². The maximum atomic E-state index is 2.31. The van der Waals surface area contributed by atoms with E-state index in [1.165, 1.54) is 38.9 Å². The molecular weight excluding hydrogens is 386 g/mol. The molecule has 0 radical (unpaired) electrons. The molecule has 32 heavy (non-hydrogen) atoms. The minimum absolute atomic E-state index is 1.15. The molecule has 0 heterocycles. The monoisotopic (exact) mass is 417 g/mol. The van der Waals surface area contributed by atoms with E-state index >= 15 is 0 Å². The maximum Gasteiger partial charge on any atom is 0.0462 e. The molecule has 0 aliphatic rings. The van der Waals surface area contributed by atoms with E-state index < -0.39 is 0 Å². The van der Waals surface area contributed by atoms with Crippen LogP contribution in [0.4, 0.5) is 17.1 Å². The SMILES string of the molecule is Cc1ccc(N(c2ccc(C)cc2)c2ccc(C=Cc3cc(C)c(C)cc3C)cc2)cc1. The predicted octanol–water partition coefficient (Wildman–Crippen LogP) is 8.87. The first-order chi connectivity index (χ1) is 15.4. The van der Waals surface area contributed by atoms with Crippen molar-refractivity contribution in [1.82, 2.24) is 0 Å². The Kier molecular flexibility index (Phi) is 6.28. The van der Waals surface area contributed by atoms with E-state index in [4.69, 9.17) is 0 Å². The molecule has 0 aliphatic heterocycles. The van der Waals surface area contributed by atoms with Crippen LogP contribution in [-0.2, 0) is 0 Å². The van der Waals surface area contributed by atoms with Crippen molar-refractivity contribution < 1.29 is 0 Å². The second-order valence-electron chi connectivity index (χ2n) is 8.72. The molecule has 4 rings (SSSR count). The molecule has 0 spiro atoms. The molecule has 0 unspecified atom stereocenters. The van der Waals surface area contributed by atoms with Crippen LogP contribution in [0, 0.1) is 34.6 Å². The van der Waals surface area contributed by atoms with Gasteiger partial charge in [0, 0.05) is 17.1 Å². The van der Waals surface area contributed by atoms with Gasteiger partial charge in [0.25, 0.3) is 0 Å². The third kappa shape index (κ3) is 4.84. The maximum absolute atomic E-state index is 2.31. The summed E-state index contributed by atoms with van der Waals surface area (Å²) in [6, 6.07) is 30.7. The van der Waals surface area contributed by atoms with Crippen LogP contribution in [0.1, 0.15) is 38.9 Å². The lowest BCUT2D eigenvalue weighted by Crippen LogP contribution is -2.09. The van der Waals surface area contributed by atoms with Crippen LogP contribution in [0.15, 0.2) is 84.9 Å². The van der Waals surface area contributed by atoms with Crippen molar-refractivity contribution in [2.45, 2.75) is 34.6 Å². The molecule has 4 aromatic rings. The molecule has 1 nitrogen and oxygen atoms in total. The van der Waals surface area contributed by atoms with Crippen LogP contribution in [-0.4, -0.2) is 0 Å². The first kappa shape index (κ1) is 21.6. The number of aryl methyl sites for hydroxylation is 5. The lowest BCUT2D eigenvalue weighted by molar-refractivity contribution is 1.27. The van der Waals surface area contributed by atoms with Gasteiger partial charge < -0.3 is 4.90 Å². The van der Waals surface area contributed by atoms with Crippen molar-refractivity contribution in [3.05, 3.63) is 124 Å². The molecule has 0 saturated heterocycles. The molecule has 0 N–H and O–H groups in total. The highest BCUT2D eigenvalue weighted by molar-refractivity contribution is 5.78. The summed E-state index contributed by atoms with van der Waals surface area (Å²) >= 11 is 0. The summed E-state index contributed by atoms with van der Waals surface area (Å²) in [5.41, 5.74) is 12.5. The van der Waals surface area contributed by atoms with Gasteiger partial charge in [0.05, 0.1) is 0 Å². The van der Waals surface area contributed by atoms with Crippen molar-refractivity contribution in [2.75, 3.05) is 4.90 Å². The van der Waals surface area contributed by atoms with E-state index in [2.05, 4.69) is 137 Å². The Morgan fingerprint density at radius 2 is 0.906 bits per heavy atom. The van der Waals surface area contributed by atoms with Crippen LogP contribution >= 0.6 is 0 Å². The van der Waals surface area contributed by atoms with Crippen LogP contribution in [0.3, 0.4) is 0 Å². The van der Waals surface area contributed by atoms with E-state index in [1.807, 2.05) is 0 Å². The number of hydrogen-bond acceptors (Lipinski definition) is 1. The van der Waals surface area contributed by atoms with Gasteiger partial charge in [-0.1, -0.05) is 71.8 Å². The number of rotatable bonds is 5. The van der Waals surface area contributed by atoms with Gasteiger partial charge in [-0.25, -0.2) is 0 Å². The molecule has 4 aromatic carbocycles. The van der Waals surface area contributed by atoms with Crippen LogP contribution < -0.4 is 4.90 Å². The average Bonchev–Trinajstić information content (AvgIpc) is 2.79. The zero-order valence-corrected chi connectivity index (χ0v) is 19.7. The third-order valence-electron chi connectivity index (χ3n) is 6.07. The van der Waals surface area contributed by atoms with Crippen LogP contribution in [0.5, 0.6) is 0 Å². The van der Waals surface area contributed by atoms with E-state index in [0.29, 0.717) is 0 Å². The van der Waals surface area contributed by atoms with E-state index in [0.717, 1.165) is 17.1 Å². The van der Waals surface area contributed by atoms with Gasteiger partial charge in [-0.05, 0) is 98.8 Å². The molecule has 0 amide bonds. The Morgan fingerprint density at radius 3 is 1.41 bits per heavy atom.